The minimum atomic E-state index is -0.0467. The summed E-state index contributed by atoms with van der Waals surface area (Å²) in [5, 5.41) is 3.57. The van der Waals surface area contributed by atoms with Gasteiger partial charge in [-0.2, -0.15) is 0 Å². The van der Waals surface area contributed by atoms with Crippen LogP contribution in [0.4, 0.5) is 11.4 Å². The number of carbonyl (C=O) groups is 1. The molecule has 0 saturated carbocycles. The molecule has 0 bridgehead atoms. The monoisotopic (exact) mass is 407 g/mol. The molecule has 0 aliphatic heterocycles. The van der Waals surface area contributed by atoms with E-state index in [0.29, 0.717) is 6.42 Å². The Morgan fingerprint density at radius 1 is 0.871 bits per heavy atom. The molecule has 0 saturated heterocycles. The Hall–Kier alpha value is -3.66. The molecule has 4 aromatic rings. The van der Waals surface area contributed by atoms with Gasteiger partial charge in [-0.3, -0.25) is 9.78 Å². The first kappa shape index (κ1) is 19.3. The number of pyridine rings is 1. The van der Waals surface area contributed by atoms with Gasteiger partial charge in [0.2, 0.25) is 0 Å². The Morgan fingerprint density at radius 3 is 2.39 bits per heavy atom. The third-order valence-corrected chi connectivity index (χ3v) is 5.86. The summed E-state index contributed by atoms with van der Waals surface area (Å²) in [7, 11) is 0. The van der Waals surface area contributed by atoms with Gasteiger partial charge in [-0.25, -0.2) is 0 Å². The Bertz CT molecular complexity index is 1240. The van der Waals surface area contributed by atoms with Crippen LogP contribution in [0.1, 0.15) is 36.3 Å². The van der Waals surface area contributed by atoms with E-state index in [9.17, 15) is 4.79 Å². The fourth-order valence-electron chi connectivity index (χ4n) is 4.47. The highest BCUT2D eigenvalue weighted by Crippen LogP contribution is 2.43. The summed E-state index contributed by atoms with van der Waals surface area (Å²) in [5.74, 6) is 0.185. The number of hydrogen-bond acceptors (Lipinski definition) is 3. The summed E-state index contributed by atoms with van der Waals surface area (Å²) in [6.45, 7) is 4.30. The first-order valence-electron chi connectivity index (χ1n) is 10.6. The molecule has 154 valence electrons. The van der Waals surface area contributed by atoms with E-state index in [-0.39, 0.29) is 11.2 Å². The average molecular weight is 408 g/mol. The summed E-state index contributed by atoms with van der Waals surface area (Å²) in [6, 6.07) is 22.6. The largest absolute Gasteiger partial charge is 0.356 e. The van der Waals surface area contributed by atoms with Crippen LogP contribution in [0, 0.1) is 5.41 Å². The van der Waals surface area contributed by atoms with Crippen LogP contribution in [0.2, 0.25) is 0 Å². The molecule has 2 aromatic heterocycles. The highest BCUT2D eigenvalue weighted by atomic mass is 16.1. The number of ketones is 1. The van der Waals surface area contributed by atoms with Gasteiger partial charge in [-0.1, -0.05) is 56.3 Å². The Morgan fingerprint density at radius 2 is 1.61 bits per heavy atom. The summed E-state index contributed by atoms with van der Waals surface area (Å²) < 4.78 is 0. The Kier molecular flexibility index (Phi) is 4.70. The molecule has 0 atom stereocenters. The molecule has 2 N–H and O–H groups in total. The van der Waals surface area contributed by atoms with Gasteiger partial charge >= 0.3 is 0 Å². The second-order valence-electron chi connectivity index (χ2n) is 8.98. The van der Waals surface area contributed by atoms with E-state index in [2.05, 4.69) is 53.4 Å². The fourth-order valence-corrected chi connectivity index (χ4v) is 4.47. The van der Waals surface area contributed by atoms with Crippen LogP contribution in [0.15, 0.2) is 79.1 Å². The van der Waals surface area contributed by atoms with Crippen LogP contribution in [0.3, 0.4) is 0 Å². The van der Waals surface area contributed by atoms with Crippen molar-refractivity contribution in [3.63, 3.8) is 0 Å². The molecule has 1 aliphatic carbocycles. The fraction of sp³-hybridized carbons (Fsp3) is 0.185. The standard InChI is InChI=1S/C27H25N3O/c1-27(2)16-22-24(23(31)17-27)26(25(30-22)19-11-13-28-14-12-19)29-21-10-6-9-20(15-21)18-7-4-3-5-8-18/h3-15,29-30H,16-17H2,1-2H3. The van der Waals surface area contributed by atoms with Crippen molar-refractivity contribution in [2.75, 3.05) is 5.32 Å². The molecule has 0 fully saturated rings. The molecule has 0 radical (unpaired) electrons. The van der Waals surface area contributed by atoms with E-state index in [0.717, 1.165) is 51.4 Å². The molecule has 5 rings (SSSR count). The van der Waals surface area contributed by atoms with Crippen molar-refractivity contribution in [1.29, 1.82) is 0 Å². The molecule has 4 heteroatoms. The molecule has 2 aromatic carbocycles. The number of rotatable bonds is 4. The number of benzene rings is 2. The zero-order valence-corrected chi connectivity index (χ0v) is 17.8. The number of Topliss-reactive ketones (excluding diaryl/α,β-unsaturated/α-hetero) is 1. The van der Waals surface area contributed by atoms with Crippen molar-refractivity contribution in [2.24, 2.45) is 5.41 Å². The molecule has 1 aliphatic rings. The van der Waals surface area contributed by atoms with Gasteiger partial charge in [-0.15, -0.1) is 0 Å². The van der Waals surface area contributed by atoms with Crippen molar-refractivity contribution >= 4 is 17.2 Å². The summed E-state index contributed by atoms with van der Waals surface area (Å²) >= 11 is 0. The number of hydrogen-bond donors (Lipinski definition) is 2. The minimum Gasteiger partial charge on any atom is -0.356 e. The van der Waals surface area contributed by atoms with Crippen LogP contribution in [-0.2, 0) is 6.42 Å². The Labute approximate surface area is 182 Å². The summed E-state index contributed by atoms with van der Waals surface area (Å²) in [6.07, 6.45) is 4.95. The third-order valence-electron chi connectivity index (χ3n) is 5.86. The lowest BCUT2D eigenvalue weighted by Gasteiger charge is -2.28. The van der Waals surface area contributed by atoms with Crippen LogP contribution in [-0.4, -0.2) is 15.8 Å². The minimum absolute atomic E-state index is 0.0467. The van der Waals surface area contributed by atoms with Gasteiger partial charge < -0.3 is 10.3 Å². The highest BCUT2D eigenvalue weighted by molar-refractivity contribution is 6.07. The number of fused-ring (bicyclic) bond motifs is 1. The lowest BCUT2D eigenvalue weighted by molar-refractivity contribution is 0.0912. The second-order valence-corrected chi connectivity index (χ2v) is 8.98. The number of carbonyl (C=O) groups excluding carboxylic acids is 1. The summed E-state index contributed by atoms with van der Waals surface area (Å²) in [4.78, 5) is 20.9. The predicted octanol–water partition coefficient (Wildman–Crippen LogP) is 6.64. The first-order valence-corrected chi connectivity index (χ1v) is 10.6. The van der Waals surface area contributed by atoms with Crippen LogP contribution in [0.5, 0.6) is 0 Å². The van der Waals surface area contributed by atoms with Crippen LogP contribution in [0.25, 0.3) is 22.4 Å². The van der Waals surface area contributed by atoms with Crippen molar-refractivity contribution in [1.82, 2.24) is 9.97 Å². The molecule has 0 spiro atoms. The number of anilines is 2. The van der Waals surface area contributed by atoms with E-state index >= 15 is 0 Å². The van der Waals surface area contributed by atoms with Crippen LogP contribution < -0.4 is 5.32 Å². The molecule has 4 nitrogen and oxygen atoms in total. The van der Waals surface area contributed by atoms with E-state index < -0.39 is 0 Å². The number of nitrogens with zero attached hydrogens (tertiary/aromatic N) is 1. The van der Waals surface area contributed by atoms with Crippen molar-refractivity contribution in [2.45, 2.75) is 26.7 Å². The zero-order valence-electron chi connectivity index (χ0n) is 17.8. The van der Waals surface area contributed by atoms with Gasteiger partial charge in [0.1, 0.15) is 0 Å². The number of H-pyrrole nitrogens is 1. The lowest BCUT2D eigenvalue weighted by Crippen LogP contribution is -2.26. The maximum Gasteiger partial charge on any atom is 0.167 e. The molecule has 0 unspecified atom stereocenters. The number of aromatic amines is 1. The quantitative estimate of drug-likeness (QED) is 0.398. The van der Waals surface area contributed by atoms with Gasteiger partial charge in [-0.05, 0) is 47.2 Å². The molecule has 31 heavy (non-hydrogen) atoms. The maximum absolute atomic E-state index is 13.2. The Balaban J connectivity index is 1.61. The highest BCUT2D eigenvalue weighted by Gasteiger charge is 2.35. The number of aromatic nitrogens is 2. The predicted molar refractivity (Wildman–Crippen MR) is 126 cm³/mol. The molecule has 0 amide bonds. The van der Waals surface area contributed by atoms with Crippen LogP contribution >= 0.6 is 0 Å². The third kappa shape index (κ3) is 3.77. The van der Waals surface area contributed by atoms with E-state index in [1.54, 1.807) is 12.4 Å². The summed E-state index contributed by atoms with van der Waals surface area (Å²) in [5.41, 5.74) is 7.80. The van der Waals surface area contributed by atoms with Crippen molar-refractivity contribution in [3.05, 3.63) is 90.4 Å². The topological polar surface area (TPSA) is 57.8 Å². The lowest BCUT2D eigenvalue weighted by atomic mass is 9.76. The molecular weight excluding hydrogens is 382 g/mol. The van der Waals surface area contributed by atoms with Gasteiger partial charge in [0.05, 0.1) is 16.9 Å². The molecular formula is C27H25N3O. The van der Waals surface area contributed by atoms with Gasteiger partial charge in [0.15, 0.2) is 5.78 Å². The maximum atomic E-state index is 13.2. The SMILES string of the molecule is CC1(C)CC(=O)c2c([nH]c(-c3ccncc3)c2Nc2cccc(-c3ccccc3)c2)C1. The zero-order chi connectivity index (χ0) is 21.4. The first-order chi connectivity index (χ1) is 15.0. The second kappa shape index (κ2) is 7.55. The van der Waals surface area contributed by atoms with E-state index in [4.69, 9.17) is 0 Å². The van der Waals surface area contributed by atoms with E-state index in [1.165, 1.54) is 0 Å². The smallest absolute Gasteiger partial charge is 0.167 e. The molecule has 2 heterocycles. The normalized spacial score (nSPS) is 14.8. The van der Waals surface area contributed by atoms with Crippen molar-refractivity contribution in [3.8, 4) is 22.4 Å². The number of nitrogens with one attached hydrogen (secondary N) is 2. The average Bonchev–Trinajstić information content (AvgIpc) is 3.12. The van der Waals surface area contributed by atoms with Gasteiger partial charge in [0, 0.05) is 35.8 Å². The van der Waals surface area contributed by atoms with Gasteiger partial charge in [0.25, 0.3) is 0 Å². The van der Waals surface area contributed by atoms with Crippen molar-refractivity contribution < 1.29 is 4.79 Å². The van der Waals surface area contributed by atoms with E-state index in [1.807, 2.05) is 42.5 Å².